The van der Waals surface area contributed by atoms with Gasteiger partial charge in [0.1, 0.15) is 0 Å². The Bertz CT molecular complexity index is 560. The number of nitrogens with one attached hydrogen (secondary N) is 2. The molecule has 1 aromatic rings. The zero-order chi connectivity index (χ0) is 18.5. The Labute approximate surface area is 147 Å². The Balaban J connectivity index is 2.25. The largest absolute Gasteiger partial charge is 0.395 e. The quantitative estimate of drug-likeness (QED) is 0.206. The third kappa shape index (κ3) is 8.83. The maximum atomic E-state index is 11.6. The highest BCUT2D eigenvalue weighted by atomic mass is 16.5. The molecule has 0 fully saturated rings. The molecule has 0 aromatic heterocycles. The Hall–Kier alpha value is -2.45. The molecule has 0 aliphatic heterocycles. The second-order valence-electron chi connectivity index (χ2n) is 5.63. The van der Waals surface area contributed by atoms with Gasteiger partial charge in [0, 0.05) is 32.1 Å². The van der Waals surface area contributed by atoms with Crippen LogP contribution in [0.1, 0.15) is 37.7 Å². The molecule has 2 amide bonds. The number of likely N-dealkylation sites (N-methyl/N-ethyl adjacent to an activating group) is 1. The van der Waals surface area contributed by atoms with E-state index in [1.807, 2.05) is 36.2 Å². The average Bonchev–Trinajstić information content (AvgIpc) is 2.62. The van der Waals surface area contributed by atoms with Gasteiger partial charge in [0.15, 0.2) is 0 Å². The second-order valence-corrected chi connectivity index (χ2v) is 5.63. The highest BCUT2D eigenvalue weighted by Crippen LogP contribution is 2.12. The molecule has 138 valence electrons. The summed E-state index contributed by atoms with van der Waals surface area (Å²) in [4.78, 5) is 24.4. The highest BCUT2D eigenvalue weighted by molar-refractivity contribution is 5.82. The number of hydroxylamine groups is 1. The zero-order valence-electron chi connectivity index (χ0n) is 14.4. The molecule has 1 aromatic carbocycles. The molecule has 0 aliphatic carbocycles. The van der Waals surface area contributed by atoms with E-state index in [4.69, 9.17) is 10.3 Å². The van der Waals surface area contributed by atoms with Gasteiger partial charge in [-0.25, -0.2) is 10.9 Å². The van der Waals surface area contributed by atoms with Gasteiger partial charge in [-0.05, 0) is 30.5 Å². The highest BCUT2D eigenvalue weighted by Gasteiger charge is 2.02. The normalized spacial score (nSPS) is 10.7. The molecule has 8 heteroatoms. The number of aliphatic hydroxyl groups excluding tert-OH is 1. The first kappa shape index (κ1) is 20.6. The van der Waals surface area contributed by atoms with E-state index >= 15 is 0 Å². The molecule has 1 rings (SSSR count). The maximum Gasteiger partial charge on any atom is 0.243 e. The summed E-state index contributed by atoms with van der Waals surface area (Å²) >= 11 is 0. The average molecular weight is 350 g/mol. The minimum Gasteiger partial charge on any atom is -0.395 e. The fourth-order valence-corrected chi connectivity index (χ4v) is 2.13. The van der Waals surface area contributed by atoms with E-state index in [-0.39, 0.29) is 18.9 Å². The fourth-order valence-electron chi connectivity index (χ4n) is 2.13. The second kappa shape index (κ2) is 12.0. The molecule has 0 bridgehead atoms. The molecule has 0 aliphatic rings. The Morgan fingerprint density at radius 3 is 2.36 bits per heavy atom. The van der Waals surface area contributed by atoms with Crippen molar-refractivity contribution in [2.45, 2.75) is 32.1 Å². The van der Waals surface area contributed by atoms with E-state index in [2.05, 4.69) is 10.5 Å². The van der Waals surface area contributed by atoms with Crippen molar-refractivity contribution in [1.29, 1.82) is 0 Å². The number of aliphatic hydroxyl groups is 1. The lowest BCUT2D eigenvalue weighted by molar-refractivity contribution is -0.129. The molecule has 0 spiro atoms. The van der Waals surface area contributed by atoms with Crippen molar-refractivity contribution in [1.82, 2.24) is 10.9 Å². The summed E-state index contributed by atoms with van der Waals surface area (Å²) in [7, 11) is 1.90. The first-order chi connectivity index (χ1) is 12.1. The Kier molecular flexibility index (Phi) is 9.88. The monoisotopic (exact) mass is 350 g/mol. The molecule has 0 unspecified atom stereocenters. The summed E-state index contributed by atoms with van der Waals surface area (Å²) < 4.78 is 0. The van der Waals surface area contributed by atoms with Crippen LogP contribution < -0.4 is 15.8 Å². The number of benzene rings is 1. The predicted molar refractivity (Wildman–Crippen MR) is 95.5 cm³/mol. The summed E-state index contributed by atoms with van der Waals surface area (Å²) in [5.41, 5.74) is 5.89. The van der Waals surface area contributed by atoms with Crippen LogP contribution in [0, 0.1) is 0 Å². The van der Waals surface area contributed by atoms with Gasteiger partial charge in [0.05, 0.1) is 12.8 Å². The van der Waals surface area contributed by atoms with Gasteiger partial charge in [-0.3, -0.25) is 14.8 Å². The van der Waals surface area contributed by atoms with Crippen LogP contribution in [-0.2, 0) is 9.59 Å². The van der Waals surface area contributed by atoms with Gasteiger partial charge in [0.2, 0.25) is 11.8 Å². The molecule has 0 atom stereocenters. The van der Waals surface area contributed by atoms with E-state index in [9.17, 15) is 9.59 Å². The third-order valence-electron chi connectivity index (χ3n) is 3.60. The lowest BCUT2D eigenvalue weighted by Crippen LogP contribution is -2.20. The number of rotatable bonds is 11. The van der Waals surface area contributed by atoms with Crippen LogP contribution in [0.15, 0.2) is 29.4 Å². The number of hydrogen-bond acceptors (Lipinski definition) is 6. The topological polar surface area (TPSA) is 114 Å². The van der Waals surface area contributed by atoms with Crippen molar-refractivity contribution in [3.8, 4) is 0 Å². The number of nitrogens with zero attached hydrogens (tertiary/aromatic N) is 2. The molecular formula is C17H26N4O4. The minimum absolute atomic E-state index is 0.0976. The number of unbranched alkanes of at least 4 members (excludes halogenated alkanes) is 2. The fraction of sp³-hybridized carbons (Fsp3) is 0.471. The standard InChI is InChI=1S/C17H26N4O4/c1-21(11-12-22)15-9-7-14(8-10-15)13-18-19-16(23)5-3-2-4-6-17(24)20-25/h7-10,13,22,25H,2-6,11-12H2,1H3,(H,19,23)(H,20,24)/b18-13+. The lowest BCUT2D eigenvalue weighted by atomic mass is 10.1. The molecule has 0 saturated carbocycles. The maximum absolute atomic E-state index is 11.6. The van der Waals surface area contributed by atoms with E-state index in [1.54, 1.807) is 11.7 Å². The number of carbonyl (C=O) groups excluding carboxylic acids is 2. The molecular weight excluding hydrogens is 324 g/mol. The van der Waals surface area contributed by atoms with Crippen molar-refractivity contribution in [2.24, 2.45) is 5.10 Å². The van der Waals surface area contributed by atoms with Crippen LogP contribution >= 0.6 is 0 Å². The molecule has 25 heavy (non-hydrogen) atoms. The van der Waals surface area contributed by atoms with Crippen LogP contribution in [0.4, 0.5) is 5.69 Å². The van der Waals surface area contributed by atoms with Crippen LogP contribution in [0.3, 0.4) is 0 Å². The molecule has 8 nitrogen and oxygen atoms in total. The van der Waals surface area contributed by atoms with Gasteiger partial charge in [-0.15, -0.1) is 0 Å². The molecule has 4 N–H and O–H groups in total. The number of anilines is 1. The number of amides is 2. The van der Waals surface area contributed by atoms with Gasteiger partial charge < -0.3 is 10.0 Å². The first-order valence-electron chi connectivity index (χ1n) is 8.23. The smallest absolute Gasteiger partial charge is 0.243 e. The van der Waals surface area contributed by atoms with Crippen molar-refractivity contribution < 1.29 is 19.9 Å². The number of hydrogen-bond donors (Lipinski definition) is 4. The molecule has 0 heterocycles. The Morgan fingerprint density at radius 1 is 1.12 bits per heavy atom. The van der Waals surface area contributed by atoms with Gasteiger partial charge >= 0.3 is 0 Å². The summed E-state index contributed by atoms with van der Waals surface area (Å²) in [5.74, 6) is -0.593. The van der Waals surface area contributed by atoms with E-state index in [1.165, 1.54) is 0 Å². The molecule has 0 saturated heterocycles. The number of carbonyl (C=O) groups is 2. The summed E-state index contributed by atoms with van der Waals surface area (Å²) in [6.07, 6.45) is 4.17. The van der Waals surface area contributed by atoms with Gasteiger partial charge in [-0.1, -0.05) is 18.6 Å². The summed E-state index contributed by atoms with van der Waals surface area (Å²) in [6.45, 7) is 0.661. The zero-order valence-corrected chi connectivity index (χ0v) is 14.4. The van der Waals surface area contributed by atoms with Crippen LogP contribution in [0.2, 0.25) is 0 Å². The van der Waals surface area contributed by atoms with E-state index in [0.29, 0.717) is 25.8 Å². The summed E-state index contributed by atoms with van der Waals surface area (Å²) in [6, 6.07) is 7.60. The van der Waals surface area contributed by atoms with Gasteiger partial charge in [0.25, 0.3) is 0 Å². The van der Waals surface area contributed by atoms with Crippen molar-refractivity contribution in [3.05, 3.63) is 29.8 Å². The predicted octanol–water partition coefficient (Wildman–Crippen LogP) is 1.02. The number of hydrazone groups is 1. The van der Waals surface area contributed by atoms with E-state index in [0.717, 1.165) is 17.7 Å². The van der Waals surface area contributed by atoms with Gasteiger partial charge in [-0.2, -0.15) is 5.10 Å². The first-order valence-corrected chi connectivity index (χ1v) is 8.23. The van der Waals surface area contributed by atoms with Crippen molar-refractivity contribution in [2.75, 3.05) is 25.1 Å². The summed E-state index contributed by atoms with van der Waals surface area (Å²) in [5, 5.41) is 21.2. The SMILES string of the molecule is CN(CCO)c1ccc(/C=N/NC(=O)CCCCCC(=O)NO)cc1. The lowest BCUT2D eigenvalue weighted by Gasteiger charge is -2.17. The van der Waals surface area contributed by atoms with Crippen molar-refractivity contribution >= 4 is 23.7 Å². The van der Waals surface area contributed by atoms with Crippen LogP contribution in [0.25, 0.3) is 0 Å². The third-order valence-corrected chi connectivity index (χ3v) is 3.60. The molecule has 0 radical (unpaired) electrons. The van der Waals surface area contributed by atoms with Crippen LogP contribution in [0.5, 0.6) is 0 Å². The Morgan fingerprint density at radius 2 is 1.76 bits per heavy atom. The van der Waals surface area contributed by atoms with Crippen molar-refractivity contribution in [3.63, 3.8) is 0 Å². The van der Waals surface area contributed by atoms with Crippen LogP contribution in [-0.4, -0.2) is 48.5 Å². The van der Waals surface area contributed by atoms with E-state index < -0.39 is 5.91 Å². The minimum atomic E-state index is -0.414.